The molecule has 2 N–H and O–H groups in total. The summed E-state index contributed by atoms with van der Waals surface area (Å²) in [5, 5.41) is 6.37. The van der Waals surface area contributed by atoms with E-state index in [9.17, 15) is 0 Å². The van der Waals surface area contributed by atoms with Crippen LogP contribution in [0.4, 0.5) is 0 Å². The standard InChI is InChI=1S/C6H10N2O/c1-2-4-8-6-5(9-6)7-3-1/h1-2,5-8H,3-4H2. The molecule has 2 heterocycles. The molecule has 2 unspecified atom stereocenters. The smallest absolute Gasteiger partial charge is 0.150 e. The molecule has 0 aromatic heterocycles. The van der Waals surface area contributed by atoms with Crippen LogP contribution < -0.4 is 10.6 Å². The van der Waals surface area contributed by atoms with Crippen LogP contribution in [0.3, 0.4) is 0 Å². The van der Waals surface area contributed by atoms with Crippen molar-refractivity contribution in [3.8, 4) is 0 Å². The van der Waals surface area contributed by atoms with Crippen LogP contribution in [0, 0.1) is 0 Å². The molecule has 2 aliphatic heterocycles. The van der Waals surface area contributed by atoms with Gasteiger partial charge in [0.05, 0.1) is 0 Å². The van der Waals surface area contributed by atoms with Crippen molar-refractivity contribution in [2.75, 3.05) is 13.1 Å². The Morgan fingerprint density at radius 2 is 1.67 bits per heavy atom. The molecule has 0 saturated carbocycles. The van der Waals surface area contributed by atoms with Crippen LogP contribution in [0.5, 0.6) is 0 Å². The summed E-state index contributed by atoms with van der Waals surface area (Å²) in [5.41, 5.74) is 0. The Bertz CT molecular complexity index is 121. The highest BCUT2D eigenvalue weighted by Crippen LogP contribution is 2.15. The Balaban J connectivity index is 1.91. The van der Waals surface area contributed by atoms with Crippen molar-refractivity contribution in [2.45, 2.75) is 12.5 Å². The summed E-state index contributed by atoms with van der Waals surface area (Å²) in [7, 11) is 0. The van der Waals surface area contributed by atoms with E-state index in [1.54, 1.807) is 0 Å². The Hall–Kier alpha value is -0.380. The van der Waals surface area contributed by atoms with Gasteiger partial charge < -0.3 is 4.74 Å². The molecular formula is C6H10N2O. The average molecular weight is 126 g/mol. The molecule has 2 rings (SSSR count). The predicted octanol–water partition coefficient (Wildman–Crippen LogP) is -0.582. The van der Waals surface area contributed by atoms with E-state index in [-0.39, 0.29) is 12.5 Å². The van der Waals surface area contributed by atoms with Crippen molar-refractivity contribution in [1.29, 1.82) is 0 Å². The number of fused-ring (bicyclic) bond motifs is 1. The lowest BCUT2D eigenvalue weighted by atomic mass is 10.4. The molecule has 0 aromatic carbocycles. The van der Waals surface area contributed by atoms with Gasteiger partial charge in [-0.2, -0.15) is 0 Å². The first-order chi connectivity index (χ1) is 4.47. The zero-order valence-corrected chi connectivity index (χ0v) is 5.13. The van der Waals surface area contributed by atoms with Crippen molar-refractivity contribution in [1.82, 2.24) is 10.6 Å². The van der Waals surface area contributed by atoms with Crippen molar-refractivity contribution in [3.63, 3.8) is 0 Å². The predicted molar refractivity (Wildman–Crippen MR) is 33.8 cm³/mol. The Labute approximate surface area is 54.1 Å². The highest BCUT2D eigenvalue weighted by molar-refractivity contribution is 4.94. The SMILES string of the molecule is C1=CCNC2OC2NC1. The molecule has 0 spiro atoms. The van der Waals surface area contributed by atoms with E-state index < -0.39 is 0 Å². The number of hydrogen-bond acceptors (Lipinski definition) is 3. The number of epoxide rings is 1. The van der Waals surface area contributed by atoms with E-state index >= 15 is 0 Å². The average Bonchev–Trinajstić information content (AvgIpc) is 2.46. The van der Waals surface area contributed by atoms with Crippen LogP contribution in [0.2, 0.25) is 0 Å². The minimum atomic E-state index is 0.273. The molecule has 0 radical (unpaired) electrons. The van der Waals surface area contributed by atoms with E-state index in [1.165, 1.54) is 0 Å². The molecule has 2 atom stereocenters. The second-order valence-electron chi connectivity index (χ2n) is 2.27. The summed E-state index contributed by atoms with van der Waals surface area (Å²) in [5.74, 6) is 0. The summed E-state index contributed by atoms with van der Waals surface area (Å²) >= 11 is 0. The van der Waals surface area contributed by atoms with Crippen LogP contribution in [-0.4, -0.2) is 25.5 Å². The first-order valence-corrected chi connectivity index (χ1v) is 3.24. The molecule has 1 fully saturated rings. The van der Waals surface area contributed by atoms with Crippen LogP contribution in [-0.2, 0) is 4.74 Å². The maximum absolute atomic E-state index is 5.18. The lowest BCUT2D eigenvalue weighted by Crippen LogP contribution is -2.29. The van der Waals surface area contributed by atoms with Crippen LogP contribution >= 0.6 is 0 Å². The fraction of sp³-hybridized carbons (Fsp3) is 0.667. The van der Waals surface area contributed by atoms with E-state index in [2.05, 4.69) is 22.8 Å². The summed E-state index contributed by atoms with van der Waals surface area (Å²) in [6, 6.07) is 0. The number of rotatable bonds is 0. The molecule has 0 bridgehead atoms. The van der Waals surface area contributed by atoms with Gasteiger partial charge in [0.15, 0.2) is 12.5 Å². The maximum atomic E-state index is 5.18. The van der Waals surface area contributed by atoms with Crippen molar-refractivity contribution < 1.29 is 4.74 Å². The summed E-state index contributed by atoms with van der Waals surface area (Å²) in [6.45, 7) is 1.87. The third-order valence-electron chi connectivity index (χ3n) is 1.53. The van der Waals surface area contributed by atoms with Gasteiger partial charge in [0.25, 0.3) is 0 Å². The van der Waals surface area contributed by atoms with Crippen LogP contribution in [0.25, 0.3) is 0 Å². The molecule has 0 amide bonds. The quantitative estimate of drug-likeness (QED) is 0.337. The lowest BCUT2D eigenvalue weighted by Gasteiger charge is -2.00. The third kappa shape index (κ3) is 1.13. The number of nitrogens with one attached hydrogen (secondary N) is 2. The van der Waals surface area contributed by atoms with Gasteiger partial charge >= 0.3 is 0 Å². The zero-order chi connectivity index (χ0) is 6.10. The normalized spacial score (nSPS) is 40.9. The molecule has 2 aliphatic rings. The maximum Gasteiger partial charge on any atom is 0.150 e. The van der Waals surface area contributed by atoms with Gasteiger partial charge in [0.1, 0.15) is 0 Å². The van der Waals surface area contributed by atoms with Gasteiger partial charge in [-0.25, -0.2) is 0 Å². The minimum absolute atomic E-state index is 0.273. The van der Waals surface area contributed by atoms with Gasteiger partial charge in [-0.15, -0.1) is 0 Å². The summed E-state index contributed by atoms with van der Waals surface area (Å²) in [4.78, 5) is 0. The Kier molecular flexibility index (Phi) is 1.26. The largest absolute Gasteiger partial charge is 0.337 e. The highest BCUT2D eigenvalue weighted by atomic mass is 16.6. The molecule has 0 aliphatic carbocycles. The lowest BCUT2D eigenvalue weighted by molar-refractivity contribution is 0.336. The van der Waals surface area contributed by atoms with Crippen molar-refractivity contribution in [2.24, 2.45) is 0 Å². The van der Waals surface area contributed by atoms with Crippen molar-refractivity contribution in [3.05, 3.63) is 12.2 Å². The molecule has 3 heteroatoms. The first-order valence-electron chi connectivity index (χ1n) is 3.24. The zero-order valence-electron chi connectivity index (χ0n) is 5.13. The minimum Gasteiger partial charge on any atom is -0.337 e. The van der Waals surface area contributed by atoms with Gasteiger partial charge in [-0.05, 0) is 0 Å². The second-order valence-corrected chi connectivity index (χ2v) is 2.27. The monoisotopic (exact) mass is 126 g/mol. The van der Waals surface area contributed by atoms with Crippen molar-refractivity contribution >= 4 is 0 Å². The fourth-order valence-corrected chi connectivity index (χ4v) is 0.958. The number of hydrogen-bond donors (Lipinski definition) is 2. The Morgan fingerprint density at radius 3 is 2.22 bits per heavy atom. The third-order valence-corrected chi connectivity index (χ3v) is 1.53. The fourth-order valence-electron chi connectivity index (χ4n) is 0.958. The van der Waals surface area contributed by atoms with Gasteiger partial charge in [-0.3, -0.25) is 10.6 Å². The Morgan fingerprint density at radius 1 is 1.11 bits per heavy atom. The van der Waals surface area contributed by atoms with E-state index in [4.69, 9.17) is 4.74 Å². The van der Waals surface area contributed by atoms with Gasteiger partial charge in [0, 0.05) is 13.1 Å². The molecular weight excluding hydrogens is 116 g/mol. The summed E-state index contributed by atoms with van der Waals surface area (Å²) < 4.78 is 5.18. The number of ether oxygens (including phenoxy) is 1. The van der Waals surface area contributed by atoms with E-state index in [0.717, 1.165) is 13.1 Å². The van der Waals surface area contributed by atoms with Gasteiger partial charge in [0.2, 0.25) is 0 Å². The molecule has 9 heavy (non-hydrogen) atoms. The molecule has 0 aromatic rings. The van der Waals surface area contributed by atoms with Crippen LogP contribution in [0.15, 0.2) is 12.2 Å². The first kappa shape index (κ1) is 5.41. The van der Waals surface area contributed by atoms with E-state index in [0.29, 0.717) is 0 Å². The molecule has 1 saturated heterocycles. The topological polar surface area (TPSA) is 36.6 Å². The molecule has 50 valence electrons. The highest BCUT2D eigenvalue weighted by Gasteiger charge is 2.37. The van der Waals surface area contributed by atoms with Crippen LogP contribution in [0.1, 0.15) is 0 Å². The second kappa shape index (κ2) is 2.10. The van der Waals surface area contributed by atoms with E-state index in [1.807, 2.05) is 0 Å². The molecule has 3 nitrogen and oxygen atoms in total. The summed E-state index contributed by atoms with van der Waals surface area (Å²) in [6.07, 6.45) is 4.75. The van der Waals surface area contributed by atoms with Gasteiger partial charge in [-0.1, -0.05) is 12.2 Å².